The Hall–Kier alpha value is -0.610. The molecule has 2 aliphatic rings. The summed E-state index contributed by atoms with van der Waals surface area (Å²) >= 11 is 0. The molecule has 74 valence electrons. The van der Waals surface area contributed by atoms with Gasteiger partial charge in [-0.2, -0.15) is 0 Å². The Bertz CT molecular complexity index is 196. The van der Waals surface area contributed by atoms with Crippen LogP contribution in [0, 0.1) is 0 Å². The normalized spacial score (nSPS) is 26.7. The molecule has 0 aromatic heterocycles. The van der Waals surface area contributed by atoms with Crippen molar-refractivity contribution < 1.29 is 0 Å². The number of amidine groups is 1. The number of rotatable bonds is 2. The molecule has 13 heavy (non-hydrogen) atoms. The summed E-state index contributed by atoms with van der Waals surface area (Å²) in [6, 6.07) is 0.476. The van der Waals surface area contributed by atoms with Crippen molar-refractivity contribution in [3.05, 3.63) is 0 Å². The van der Waals surface area contributed by atoms with Gasteiger partial charge in [0.2, 0.25) is 0 Å². The third kappa shape index (κ3) is 2.00. The van der Waals surface area contributed by atoms with Crippen molar-refractivity contribution in [1.82, 2.24) is 15.5 Å². The monoisotopic (exact) mass is 182 g/mol. The van der Waals surface area contributed by atoms with Crippen LogP contribution in [0.2, 0.25) is 0 Å². The molecule has 0 saturated carbocycles. The van der Waals surface area contributed by atoms with Gasteiger partial charge in [0, 0.05) is 32.7 Å². The molecule has 0 bridgehead atoms. The van der Waals surface area contributed by atoms with Gasteiger partial charge in [-0.1, -0.05) is 0 Å². The minimum atomic E-state index is 0.476. The summed E-state index contributed by atoms with van der Waals surface area (Å²) in [5.74, 6) is 1.18. The third-order valence-electron chi connectivity index (χ3n) is 2.80. The first-order chi connectivity index (χ1) is 6.38. The molecule has 1 saturated heterocycles. The van der Waals surface area contributed by atoms with E-state index in [9.17, 15) is 0 Å². The van der Waals surface area contributed by atoms with Gasteiger partial charge in [0.25, 0.3) is 0 Å². The van der Waals surface area contributed by atoms with Crippen molar-refractivity contribution in [2.75, 3.05) is 39.3 Å². The van der Waals surface area contributed by atoms with Crippen molar-refractivity contribution in [2.45, 2.75) is 13.0 Å². The molecule has 0 aromatic rings. The molecule has 0 spiro atoms. The minimum absolute atomic E-state index is 0.476. The highest BCUT2D eigenvalue weighted by atomic mass is 15.2. The van der Waals surface area contributed by atoms with Crippen molar-refractivity contribution in [3.63, 3.8) is 0 Å². The number of piperazine rings is 1. The van der Waals surface area contributed by atoms with Gasteiger partial charge >= 0.3 is 0 Å². The molecule has 2 N–H and O–H groups in total. The van der Waals surface area contributed by atoms with Crippen LogP contribution in [-0.2, 0) is 0 Å². The smallest absolute Gasteiger partial charge is 0.114 e. The fourth-order valence-corrected chi connectivity index (χ4v) is 1.94. The molecule has 0 aromatic carbocycles. The van der Waals surface area contributed by atoms with Crippen molar-refractivity contribution in [2.24, 2.45) is 4.99 Å². The molecular formula is C9H18N4. The molecule has 1 fully saturated rings. The lowest BCUT2D eigenvalue weighted by atomic mass is 10.2. The number of hydrogen-bond acceptors (Lipinski definition) is 4. The maximum absolute atomic E-state index is 4.45. The van der Waals surface area contributed by atoms with E-state index >= 15 is 0 Å². The fourth-order valence-electron chi connectivity index (χ4n) is 1.94. The molecule has 0 radical (unpaired) electrons. The number of nitrogens with one attached hydrogen (secondary N) is 2. The quantitative estimate of drug-likeness (QED) is 0.592. The standard InChI is InChI=1S/C9H18N4/c1-8(9-11-2-3-12-9)13-6-4-10-5-7-13/h8,10H,2-7H2,1H3,(H,11,12). The molecule has 0 amide bonds. The van der Waals surface area contributed by atoms with E-state index in [2.05, 4.69) is 27.4 Å². The maximum Gasteiger partial charge on any atom is 0.114 e. The van der Waals surface area contributed by atoms with E-state index in [4.69, 9.17) is 0 Å². The van der Waals surface area contributed by atoms with Gasteiger partial charge in [0.15, 0.2) is 0 Å². The van der Waals surface area contributed by atoms with Gasteiger partial charge in [0.1, 0.15) is 5.84 Å². The first kappa shape index (κ1) is 8.97. The topological polar surface area (TPSA) is 39.7 Å². The summed E-state index contributed by atoms with van der Waals surface area (Å²) in [6.45, 7) is 8.71. The number of hydrogen-bond donors (Lipinski definition) is 2. The zero-order valence-electron chi connectivity index (χ0n) is 8.21. The molecule has 2 rings (SSSR count). The highest BCUT2D eigenvalue weighted by Gasteiger charge is 2.22. The van der Waals surface area contributed by atoms with Gasteiger partial charge in [0.05, 0.1) is 12.6 Å². The minimum Gasteiger partial charge on any atom is -0.371 e. The molecule has 4 nitrogen and oxygen atoms in total. The summed E-state index contributed by atoms with van der Waals surface area (Å²) < 4.78 is 0. The Kier molecular flexibility index (Phi) is 2.80. The predicted molar refractivity (Wildman–Crippen MR) is 54.2 cm³/mol. The van der Waals surface area contributed by atoms with Gasteiger partial charge in [-0.3, -0.25) is 9.89 Å². The fraction of sp³-hybridized carbons (Fsp3) is 0.889. The van der Waals surface area contributed by atoms with Gasteiger partial charge in [-0.25, -0.2) is 0 Å². The van der Waals surface area contributed by atoms with E-state index in [0.717, 1.165) is 39.3 Å². The van der Waals surface area contributed by atoms with Crippen LogP contribution in [0.25, 0.3) is 0 Å². The Labute approximate surface area is 79.4 Å². The van der Waals surface area contributed by atoms with Crippen LogP contribution in [0.5, 0.6) is 0 Å². The lowest BCUT2D eigenvalue weighted by molar-refractivity contribution is 0.221. The molecule has 2 heterocycles. The van der Waals surface area contributed by atoms with Crippen LogP contribution in [0.3, 0.4) is 0 Å². The lowest BCUT2D eigenvalue weighted by Crippen LogP contribution is -2.51. The third-order valence-corrected chi connectivity index (χ3v) is 2.80. The van der Waals surface area contributed by atoms with Crippen LogP contribution in [0.1, 0.15) is 6.92 Å². The van der Waals surface area contributed by atoms with Crippen LogP contribution in [-0.4, -0.2) is 56.0 Å². The largest absolute Gasteiger partial charge is 0.371 e. The van der Waals surface area contributed by atoms with Gasteiger partial charge in [-0.15, -0.1) is 0 Å². The summed E-state index contributed by atoms with van der Waals surface area (Å²) in [5.41, 5.74) is 0. The molecule has 2 aliphatic heterocycles. The second kappa shape index (κ2) is 4.07. The summed E-state index contributed by atoms with van der Waals surface area (Å²) in [7, 11) is 0. The van der Waals surface area contributed by atoms with Crippen LogP contribution in [0.15, 0.2) is 4.99 Å². The average Bonchev–Trinajstić information content (AvgIpc) is 2.71. The second-order valence-electron chi connectivity index (χ2n) is 3.66. The van der Waals surface area contributed by atoms with E-state index in [1.165, 1.54) is 5.84 Å². The summed E-state index contributed by atoms with van der Waals surface area (Å²) in [6.07, 6.45) is 0. The number of nitrogens with zero attached hydrogens (tertiary/aromatic N) is 2. The maximum atomic E-state index is 4.45. The highest BCUT2D eigenvalue weighted by molar-refractivity contribution is 5.88. The van der Waals surface area contributed by atoms with Crippen LogP contribution < -0.4 is 10.6 Å². The summed E-state index contributed by atoms with van der Waals surface area (Å²) in [4.78, 5) is 6.93. The van der Waals surface area contributed by atoms with E-state index in [-0.39, 0.29) is 0 Å². The average molecular weight is 182 g/mol. The van der Waals surface area contributed by atoms with Crippen LogP contribution in [0.4, 0.5) is 0 Å². The molecule has 4 heteroatoms. The van der Waals surface area contributed by atoms with Gasteiger partial charge in [-0.05, 0) is 6.92 Å². The second-order valence-corrected chi connectivity index (χ2v) is 3.66. The zero-order valence-corrected chi connectivity index (χ0v) is 8.21. The van der Waals surface area contributed by atoms with E-state index in [1.807, 2.05) is 0 Å². The lowest BCUT2D eigenvalue weighted by Gasteiger charge is -2.32. The van der Waals surface area contributed by atoms with Crippen molar-refractivity contribution >= 4 is 5.84 Å². The Morgan fingerprint density at radius 3 is 2.69 bits per heavy atom. The molecule has 0 aliphatic carbocycles. The van der Waals surface area contributed by atoms with Gasteiger partial charge < -0.3 is 10.6 Å². The Morgan fingerprint density at radius 1 is 1.31 bits per heavy atom. The van der Waals surface area contributed by atoms with E-state index < -0.39 is 0 Å². The van der Waals surface area contributed by atoms with E-state index in [1.54, 1.807) is 0 Å². The summed E-state index contributed by atoms with van der Waals surface area (Å²) in [5, 5.41) is 6.70. The highest BCUT2D eigenvalue weighted by Crippen LogP contribution is 2.04. The Morgan fingerprint density at radius 2 is 2.08 bits per heavy atom. The Balaban J connectivity index is 1.90. The molecule has 1 atom stereocenters. The number of aliphatic imine (C=N–C) groups is 1. The zero-order chi connectivity index (χ0) is 9.10. The SMILES string of the molecule is CC(C1=NCCN1)N1CCNCC1. The first-order valence-corrected chi connectivity index (χ1v) is 5.11. The molecular weight excluding hydrogens is 164 g/mol. The first-order valence-electron chi connectivity index (χ1n) is 5.11. The molecule has 1 unspecified atom stereocenters. The van der Waals surface area contributed by atoms with Crippen LogP contribution >= 0.6 is 0 Å². The predicted octanol–water partition coefficient (Wildman–Crippen LogP) is -0.718. The van der Waals surface area contributed by atoms with Crippen molar-refractivity contribution in [1.29, 1.82) is 0 Å². The van der Waals surface area contributed by atoms with E-state index in [0.29, 0.717) is 6.04 Å². The van der Waals surface area contributed by atoms with Crippen molar-refractivity contribution in [3.8, 4) is 0 Å².